The van der Waals surface area contributed by atoms with Gasteiger partial charge >= 0.3 is 0 Å². The van der Waals surface area contributed by atoms with Gasteiger partial charge in [0.15, 0.2) is 0 Å². The minimum atomic E-state index is -0.743. The van der Waals surface area contributed by atoms with E-state index < -0.39 is 5.60 Å². The van der Waals surface area contributed by atoms with Crippen LogP contribution in [0.3, 0.4) is 0 Å². The third-order valence-electron chi connectivity index (χ3n) is 3.88. The zero-order valence-corrected chi connectivity index (χ0v) is 11.8. The summed E-state index contributed by atoms with van der Waals surface area (Å²) in [6, 6.07) is 0. The Kier molecular flexibility index (Phi) is 3.54. The van der Waals surface area contributed by atoms with Crippen LogP contribution in [0.2, 0.25) is 0 Å². The molecule has 0 bridgehead atoms. The number of hydrogen-bond donors (Lipinski definition) is 2. The molecule has 0 atom stereocenters. The first-order valence-corrected chi connectivity index (χ1v) is 6.61. The summed E-state index contributed by atoms with van der Waals surface area (Å²) in [6.45, 7) is 2.12. The molecule has 1 fully saturated rings. The lowest BCUT2D eigenvalue weighted by Crippen LogP contribution is -2.42. The van der Waals surface area contributed by atoms with Crippen molar-refractivity contribution in [1.29, 1.82) is 0 Å². The summed E-state index contributed by atoms with van der Waals surface area (Å²) < 4.78 is 1.50. The largest absolute Gasteiger partial charge is 0.395 e. The van der Waals surface area contributed by atoms with Crippen LogP contribution in [0.5, 0.6) is 0 Å². The predicted octanol–water partition coefficient (Wildman–Crippen LogP) is 0.688. The van der Waals surface area contributed by atoms with Crippen LogP contribution in [0.25, 0.3) is 0 Å². The highest BCUT2D eigenvalue weighted by Crippen LogP contribution is 2.30. The second-order valence-corrected chi connectivity index (χ2v) is 5.56. The number of anilines is 1. The summed E-state index contributed by atoms with van der Waals surface area (Å²) in [4.78, 5) is 13.9. The number of carbonyl (C=O) groups excluding carboxylic acids is 1. The normalized spacial score (nSPS) is 17.7. The van der Waals surface area contributed by atoms with Crippen LogP contribution in [0.1, 0.15) is 41.9 Å². The quantitative estimate of drug-likeness (QED) is 0.843. The van der Waals surface area contributed by atoms with E-state index in [9.17, 15) is 9.90 Å². The van der Waals surface area contributed by atoms with Gasteiger partial charge in [0.1, 0.15) is 5.69 Å². The number of rotatable bonds is 3. The van der Waals surface area contributed by atoms with Crippen LogP contribution in [0.4, 0.5) is 5.69 Å². The van der Waals surface area contributed by atoms with Crippen LogP contribution in [0, 0.1) is 6.92 Å². The molecule has 2 rings (SSSR count). The van der Waals surface area contributed by atoms with Crippen LogP contribution in [-0.2, 0) is 7.05 Å². The van der Waals surface area contributed by atoms with Gasteiger partial charge in [0, 0.05) is 20.6 Å². The van der Waals surface area contributed by atoms with Crippen LogP contribution in [-0.4, -0.2) is 44.9 Å². The second-order valence-electron chi connectivity index (χ2n) is 5.56. The lowest BCUT2D eigenvalue weighted by atomic mass is 10.0. The minimum Gasteiger partial charge on any atom is -0.395 e. The lowest BCUT2D eigenvalue weighted by Gasteiger charge is -2.28. The summed E-state index contributed by atoms with van der Waals surface area (Å²) in [7, 11) is 3.40. The first kappa shape index (κ1) is 13.9. The fourth-order valence-corrected chi connectivity index (χ4v) is 2.81. The topological polar surface area (TPSA) is 84.4 Å². The van der Waals surface area contributed by atoms with E-state index in [4.69, 9.17) is 5.73 Å². The Morgan fingerprint density at radius 3 is 2.58 bits per heavy atom. The Hall–Kier alpha value is -1.56. The summed E-state index contributed by atoms with van der Waals surface area (Å²) in [5.74, 6) is -0.194. The third-order valence-corrected chi connectivity index (χ3v) is 3.88. The summed E-state index contributed by atoms with van der Waals surface area (Å²) in [6.07, 6.45) is 3.55. The van der Waals surface area contributed by atoms with Gasteiger partial charge in [-0.15, -0.1) is 0 Å². The highest BCUT2D eigenvalue weighted by Gasteiger charge is 2.34. The molecular formula is C13H22N4O2. The average molecular weight is 266 g/mol. The monoisotopic (exact) mass is 266 g/mol. The molecule has 6 nitrogen and oxygen atoms in total. The van der Waals surface area contributed by atoms with E-state index in [-0.39, 0.29) is 5.91 Å². The number of nitrogen functional groups attached to an aromatic ring is 1. The molecule has 1 aromatic heterocycles. The van der Waals surface area contributed by atoms with E-state index in [0.717, 1.165) is 25.7 Å². The summed E-state index contributed by atoms with van der Waals surface area (Å²) in [5.41, 5.74) is 6.60. The number of nitrogens with two attached hydrogens (primary N) is 1. The van der Waals surface area contributed by atoms with E-state index in [2.05, 4.69) is 5.10 Å². The van der Waals surface area contributed by atoms with Crippen LogP contribution < -0.4 is 5.73 Å². The molecule has 6 heteroatoms. The first-order valence-electron chi connectivity index (χ1n) is 6.61. The molecule has 0 unspecified atom stereocenters. The maximum absolute atomic E-state index is 12.4. The number of hydrogen-bond acceptors (Lipinski definition) is 4. The Morgan fingerprint density at radius 1 is 1.53 bits per heavy atom. The SMILES string of the molecule is Cc1nn(C)c(C(=O)N(C)CC2(O)CCCC2)c1N. The molecular weight excluding hydrogens is 244 g/mol. The Labute approximate surface area is 113 Å². The van der Waals surface area contributed by atoms with Gasteiger partial charge in [-0.25, -0.2) is 0 Å². The molecule has 0 spiro atoms. The van der Waals surface area contributed by atoms with Crippen molar-refractivity contribution in [1.82, 2.24) is 14.7 Å². The molecule has 106 valence electrons. The van der Waals surface area contributed by atoms with E-state index in [1.165, 1.54) is 9.58 Å². The molecule has 1 aliphatic carbocycles. The van der Waals surface area contributed by atoms with Crippen LogP contribution >= 0.6 is 0 Å². The zero-order valence-electron chi connectivity index (χ0n) is 11.8. The van der Waals surface area contributed by atoms with Gasteiger partial charge in [0.2, 0.25) is 0 Å². The fraction of sp³-hybridized carbons (Fsp3) is 0.692. The Balaban J connectivity index is 2.15. The molecule has 1 heterocycles. The maximum atomic E-state index is 12.4. The number of aromatic nitrogens is 2. The highest BCUT2D eigenvalue weighted by molar-refractivity contribution is 5.97. The van der Waals surface area contributed by atoms with Crippen molar-refractivity contribution in [2.24, 2.45) is 7.05 Å². The second kappa shape index (κ2) is 4.85. The number of likely N-dealkylation sites (N-methyl/N-ethyl adjacent to an activating group) is 1. The van der Waals surface area contributed by atoms with Crippen molar-refractivity contribution in [2.75, 3.05) is 19.3 Å². The Bertz CT molecular complexity index is 489. The standard InChI is InChI=1S/C13H22N4O2/c1-9-10(14)11(17(3)15-9)12(18)16(2)8-13(19)6-4-5-7-13/h19H,4-8,14H2,1-3H3. The molecule has 1 saturated carbocycles. The van der Waals surface area contributed by atoms with Gasteiger partial charge in [0.25, 0.3) is 5.91 Å². The molecule has 0 radical (unpaired) electrons. The number of aliphatic hydroxyl groups is 1. The maximum Gasteiger partial charge on any atom is 0.274 e. The van der Waals surface area contributed by atoms with Gasteiger partial charge in [0.05, 0.1) is 17.0 Å². The van der Waals surface area contributed by atoms with Gasteiger partial charge in [-0.3, -0.25) is 9.48 Å². The molecule has 1 aromatic rings. The number of nitrogens with zero attached hydrogens (tertiary/aromatic N) is 3. The number of amides is 1. The Morgan fingerprint density at radius 2 is 2.11 bits per heavy atom. The minimum absolute atomic E-state index is 0.194. The van der Waals surface area contributed by atoms with Crippen LogP contribution in [0.15, 0.2) is 0 Å². The highest BCUT2D eigenvalue weighted by atomic mass is 16.3. The van der Waals surface area contributed by atoms with E-state index >= 15 is 0 Å². The van der Waals surface area contributed by atoms with Crippen molar-refractivity contribution in [3.05, 3.63) is 11.4 Å². The molecule has 0 aromatic carbocycles. The molecule has 19 heavy (non-hydrogen) atoms. The van der Waals surface area contributed by atoms with E-state index in [0.29, 0.717) is 23.6 Å². The van der Waals surface area contributed by atoms with Crippen molar-refractivity contribution in [3.8, 4) is 0 Å². The average Bonchev–Trinajstić information content (AvgIpc) is 2.84. The van der Waals surface area contributed by atoms with Gasteiger partial charge in [-0.05, 0) is 19.8 Å². The molecule has 3 N–H and O–H groups in total. The molecule has 1 amide bonds. The van der Waals surface area contributed by atoms with Gasteiger partial charge in [-0.2, -0.15) is 5.10 Å². The van der Waals surface area contributed by atoms with Crippen molar-refractivity contribution in [3.63, 3.8) is 0 Å². The van der Waals surface area contributed by atoms with Gasteiger partial charge in [-0.1, -0.05) is 12.8 Å². The predicted molar refractivity (Wildman–Crippen MR) is 72.7 cm³/mol. The molecule has 0 saturated heterocycles. The summed E-state index contributed by atoms with van der Waals surface area (Å²) >= 11 is 0. The number of carbonyl (C=O) groups is 1. The first-order chi connectivity index (χ1) is 8.84. The smallest absolute Gasteiger partial charge is 0.274 e. The van der Waals surface area contributed by atoms with Crippen molar-refractivity contribution in [2.45, 2.75) is 38.2 Å². The van der Waals surface area contributed by atoms with E-state index in [1.54, 1.807) is 21.0 Å². The number of aryl methyl sites for hydroxylation is 2. The van der Waals surface area contributed by atoms with Crippen molar-refractivity contribution < 1.29 is 9.90 Å². The summed E-state index contributed by atoms with van der Waals surface area (Å²) in [5, 5.41) is 14.5. The van der Waals surface area contributed by atoms with Crippen molar-refractivity contribution >= 4 is 11.6 Å². The third kappa shape index (κ3) is 2.58. The van der Waals surface area contributed by atoms with E-state index in [1.807, 2.05) is 0 Å². The molecule has 1 aliphatic rings. The zero-order chi connectivity index (χ0) is 14.2. The fourth-order valence-electron chi connectivity index (χ4n) is 2.81. The lowest BCUT2D eigenvalue weighted by molar-refractivity contribution is 0.0153. The van der Waals surface area contributed by atoms with Gasteiger partial charge < -0.3 is 15.7 Å². The molecule has 0 aliphatic heterocycles.